The van der Waals surface area contributed by atoms with Crippen molar-refractivity contribution in [2.24, 2.45) is 0 Å². The van der Waals surface area contributed by atoms with Gasteiger partial charge in [-0.05, 0) is 40.2 Å². The van der Waals surface area contributed by atoms with Crippen molar-refractivity contribution in [1.29, 1.82) is 0 Å². The lowest BCUT2D eigenvalue weighted by Gasteiger charge is -2.30. The van der Waals surface area contributed by atoms with Crippen molar-refractivity contribution < 1.29 is 9.53 Å². The van der Waals surface area contributed by atoms with Gasteiger partial charge in [0.2, 0.25) is 5.91 Å². The Kier molecular flexibility index (Phi) is 5.40. The molecule has 0 aliphatic carbocycles. The highest BCUT2D eigenvalue weighted by Gasteiger charge is 2.25. The quantitative estimate of drug-likeness (QED) is 0.767. The van der Waals surface area contributed by atoms with E-state index >= 15 is 0 Å². The normalized spacial score (nSPS) is 23.2. The molecule has 0 spiro atoms. The van der Waals surface area contributed by atoms with Crippen molar-refractivity contribution in [3.8, 4) is 0 Å². The predicted molar refractivity (Wildman–Crippen MR) is 69.0 cm³/mol. The Balaban J connectivity index is 2.34. The number of amides is 1. The number of carbonyl (C=O) groups excluding carboxylic acids is 1. The number of piperidine rings is 1. The third-order valence-electron chi connectivity index (χ3n) is 3.48. The number of methoxy groups -OCH3 is 1. The van der Waals surface area contributed by atoms with E-state index in [1.54, 1.807) is 7.11 Å². The fourth-order valence-electron chi connectivity index (χ4n) is 2.17. The van der Waals surface area contributed by atoms with Crippen molar-refractivity contribution in [1.82, 2.24) is 10.6 Å². The van der Waals surface area contributed by atoms with Gasteiger partial charge in [-0.15, -0.1) is 0 Å². The summed E-state index contributed by atoms with van der Waals surface area (Å²) in [7, 11) is 1.64. The van der Waals surface area contributed by atoms with Gasteiger partial charge in [0.05, 0.1) is 12.0 Å². The van der Waals surface area contributed by atoms with E-state index in [-0.39, 0.29) is 17.6 Å². The van der Waals surface area contributed by atoms with Gasteiger partial charge < -0.3 is 15.4 Å². The van der Waals surface area contributed by atoms with Crippen molar-refractivity contribution in [3.63, 3.8) is 0 Å². The standard InChI is InChI=1S/C13H26N2O2/c1-10(11-7-5-6-8-14-11)15-12(16)9-13(2,3)17-4/h10-11,14H,5-9H2,1-4H3,(H,15,16). The molecule has 2 atom stereocenters. The molecule has 1 fully saturated rings. The number of carbonyl (C=O) groups is 1. The van der Waals surface area contributed by atoms with Crippen LogP contribution in [-0.4, -0.2) is 37.2 Å². The van der Waals surface area contributed by atoms with Crippen LogP contribution in [-0.2, 0) is 9.53 Å². The van der Waals surface area contributed by atoms with Gasteiger partial charge in [0.25, 0.3) is 0 Å². The minimum atomic E-state index is -0.385. The fraction of sp³-hybridized carbons (Fsp3) is 0.923. The van der Waals surface area contributed by atoms with Gasteiger partial charge >= 0.3 is 0 Å². The van der Waals surface area contributed by atoms with Crippen LogP contribution in [0.1, 0.15) is 46.5 Å². The van der Waals surface area contributed by atoms with Crippen molar-refractivity contribution in [3.05, 3.63) is 0 Å². The first kappa shape index (κ1) is 14.5. The van der Waals surface area contributed by atoms with E-state index in [1.807, 2.05) is 13.8 Å². The highest BCUT2D eigenvalue weighted by molar-refractivity contribution is 5.77. The van der Waals surface area contributed by atoms with Gasteiger partial charge in [0.15, 0.2) is 0 Å². The van der Waals surface area contributed by atoms with Crippen LogP contribution in [0.5, 0.6) is 0 Å². The van der Waals surface area contributed by atoms with Crippen LogP contribution in [0.3, 0.4) is 0 Å². The number of hydrogen-bond acceptors (Lipinski definition) is 3. The molecule has 17 heavy (non-hydrogen) atoms. The van der Waals surface area contributed by atoms with E-state index in [1.165, 1.54) is 12.8 Å². The molecule has 0 aromatic carbocycles. The molecule has 100 valence electrons. The molecule has 0 aromatic rings. The molecule has 4 heteroatoms. The molecule has 1 rings (SSSR count). The molecule has 2 N–H and O–H groups in total. The Morgan fingerprint density at radius 2 is 2.24 bits per heavy atom. The largest absolute Gasteiger partial charge is 0.378 e. The van der Waals surface area contributed by atoms with E-state index in [2.05, 4.69) is 17.6 Å². The van der Waals surface area contributed by atoms with Crippen LogP contribution in [0.25, 0.3) is 0 Å². The Bertz CT molecular complexity index is 248. The SMILES string of the molecule is COC(C)(C)CC(=O)NC(C)C1CCCCN1. The van der Waals surface area contributed by atoms with Crippen molar-refractivity contribution in [2.45, 2.75) is 64.1 Å². The Morgan fingerprint density at radius 3 is 2.76 bits per heavy atom. The fourth-order valence-corrected chi connectivity index (χ4v) is 2.17. The smallest absolute Gasteiger partial charge is 0.223 e. The van der Waals surface area contributed by atoms with Crippen LogP contribution in [0.2, 0.25) is 0 Å². The summed E-state index contributed by atoms with van der Waals surface area (Å²) < 4.78 is 5.26. The van der Waals surface area contributed by atoms with Crippen LogP contribution < -0.4 is 10.6 Å². The van der Waals surface area contributed by atoms with Gasteiger partial charge in [0.1, 0.15) is 0 Å². The molecule has 0 radical (unpaired) electrons. The zero-order valence-electron chi connectivity index (χ0n) is 11.5. The second-order valence-corrected chi connectivity index (χ2v) is 5.55. The predicted octanol–water partition coefficient (Wildman–Crippen LogP) is 1.45. The molecule has 1 amide bonds. The minimum Gasteiger partial charge on any atom is -0.378 e. The molecule has 0 saturated carbocycles. The van der Waals surface area contributed by atoms with Crippen LogP contribution in [0.4, 0.5) is 0 Å². The topological polar surface area (TPSA) is 50.4 Å². The van der Waals surface area contributed by atoms with Gasteiger partial charge in [-0.3, -0.25) is 4.79 Å². The molecule has 1 aliphatic heterocycles. The molecule has 1 saturated heterocycles. The van der Waals surface area contributed by atoms with Crippen LogP contribution in [0.15, 0.2) is 0 Å². The highest BCUT2D eigenvalue weighted by atomic mass is 16.5. The molecule has 2 unspecified atom stereocenters. The van der Waals surface area contributed by atoms with Crippen LogP contribution >= 0.6 is 0 Å². The first-order valence-corrected chi connectivity index (χ1v) is 6.52. The maximum atomic E-state index is 11.9. The molecule has 0 aromatic heterocycles. The zero-order chi connectivity index (χ0) is 12.9. The number of ether oxygens (including phenoxy) is 1. The molecule has 0 bridgehead atoms. The second-order valence-electron chi connectivity index (χ2n) is 5.55. The Hall–Kier alpha value is -0.610. The first-order chi connectivity index (χ1) is 7.94. The van der Waals surface area contributed by atoms with E-state index in [9.17, 15) is 4.79 Å². The average Bonchev–Trinajstić information content (AvgIpc) is 2.29. The van der Waals surface area contributed by atoms with Crippen molar-refractivity contribution in [2.75, 3.05) is 13.7 Å². The number of hydrogen-bond donors (Lipinski definition) is 2. The van der Waals surface area contributed by atoms with E-state index in [4.69, 9.17) is 4.74 Å². The third kappa shape index (κ3) is 5.04. The van der Waals surface area contributed by atoms with E-state index < -0.39 is 0 Å². The highest BCUT2D eigenvalue weighted by Crippen LogP contribution is 2.14. The minimum absolute atomic E-state index is 0.0664. The van der Waals surface area contributed by atoms with Crippen LogP contribution in [0, 0.1) is 0 Å². The average molecular weight is 242 g/mol. The molecule has 1 heterocycles. The number of nitrogens with one attached hydrogen (secondary N) is 2. The second kappa shape index (κ2) is 6.36. The summed E-state index contributed by atoms with van der Waals surface area (Å²) in [6.45, 7) is 6.99. The monoisotopic (exact) mass is 242 g/mol. The summed E-state index contributed by atoms with van der Waals surface area (Å²) in [6.07, 6.45) is 4.05. The molecular formula is C13H26N2O2. The first-order valence-electron chi connectivity index (χ1n) is 6.52. The van der Waals surface area contributed by atoms with Crippen molar-refractivity contribution >= 4 is 5.91 Å². The molecular weight excluding hydrogens is 216 g/mol. The van der Waals surface area contributed by atoms with E-state index in [0.29, 0.717) is 12.5 Å². The van der Waals surface area contributed by atoms with Gasteiger partial charge in [-0.2, -0.15) is 0 Å². The molecule has 4 nitrogen and oxygen atoms in total. The van der Waals surface area contributed by atoms with E-state index in [0.717, 1.165) is 13.0 Å². The third-order valence-corrected chi connectivity index (χ3v) is 3.48. The lowest BCUT2D eigenvalue weighted by Crippen LogP contribution is -2.51. The summed E-state index contributed by atoms with van der Waals surface area (Å²) in [5, 5.41) is 6.51. The summed E-state index contributed by atoms with van der Waals surface area (Å²) in [5.74, 6) is 0.0664. The summed E-state index contributed by atoms with van der Waals surface area (Å²) >= 11 is 0. The maximum Gasteiger partial charge on any atom is 0.223 e. The summed E-state index contributed by atoms with van der Waals surface area (Å²) in [4.78, 5) is 11.9. The number of rotatable bonds is 5. The van der Waals surface area contributed by atoms with Gasteiger partial charge in [0, 0.05) is 19.2 Å². The van der Waals surface area contributed by atoms with Gasteiger partial charge in [-0.1, -0.05) is 6.42 Å². The lowest BCUT2D eigenvalue weighted by atomic mass is 9.98. The zero-order valence-corrected chi connectivity index (χ0v) is 11.5. The maximum absolute atomic E-state index is 11.9. The van der Waals surface area contributed by atoms with Gasteiger partial charge in [-0.25, -0.2) is 0 Å². The lowest BCUT2D eigenvalue weighted by molar-refractivity contribution is -0.127. The Labute approximate surface area is 104 Å². The molecule has 1 aliphatic rings. The summed E-state index contributed by atoms with van der Waals surface area (Å²) in [6, 6.07) is 0.605. The summed E-state index contributed by atoms with van der Waals surface area (Å²) in [5.41, 5.74) is -0.385. The Morgan fingerprint density at radius 1 is 1.53 bits per heavy atom.